The second-order valence-corrected chi connectivity index (χ2v) is 5.24. The summed E-state index contributed by atoms with van der Waals surface area (Å²) in [4.78, 5) is 14.1. The molecule has 1 rings (SSSR count). The molecule has 1 aromatic carbocycles. The maximum absolute atomic E-state index is 12.4. The predicted octanol–water partition coefficient (Wildman–Crippen LogP) is 2.99. The first-order valence-corrected chi connectivity index (χ1v) is 7.05. The molecule has 0 aliphatic heterocycles. The summed E-state index contributed by atoms with van der Waals surface area (Å²) in [5, 5.41) is 9.04. The monoisotopic (exact) mass is 313 g/mol. The van der Waals surface area contributed by atoms with Crippen LogP contribution < -0.4 is 0 Å². The van der Waals surface area contributed by atoms with Crippen LogP contribution in [0.25, 0.3) is 0 Å². The summed E-state index contributed by atoms with van der Waals surface area (Å²) >= 11 is 3.39. The van der Waals surface area contributed by atoms with Crippen molar-refractivity contribution in [2.45, 2.75) is 26.7 Å². The third-order valence-corrected chi connectivity index (χ3v) is 3.35. The van der Waals surface area contributed by atoms with Gasteiger partial charge in [0.25, 0.3) is 5.91 Å². The lowest BCUT2D eigenvalue weighted by Crippen LogP contribution is -2.34. The number of amides is 1. The highest BCUT2D eigenvalue weighted by atomic mass is 79.9. The molecule has 3 nitrogen and oxygen atoms in total. The van der Waals surface area contributed by atoms with Crippen LogP contribution in [0.5, 0.6) is 0 Å². The Morgan fingerprint density at radius 1 is 1.39 bits per heavy atom. The van der Waals surface area contributed by atoms with E-state index in [0.29, 0.717) is 18.7 Å². The number of aryl methyl sites for hydroxylation is 1. The van der Waals surface area contributed by atoms with E-state index >= 15 is 0 Å². The Kier molecular flexibility index (Phi) is 6.36. The van der Waals surface area contributed by atoms with E-state index in [4.69, 9.17) is 5.11 Å². The van der Waals surface area contributed by atoms with Gasteiger partial charge in [0, 0.05) is 23.1 Å². The van der Waals surface area contributed by atoms with Gasteiger partial charge in [0.1, 0.15) is 0 Å². The fourth-order valence-electron chi connectivity index (χ4n) is 1.82. The molecule has 0 unspecified atom stereocenters. The Balaban J connectivity index is 2.87. The van der Waals surface area contributed by atoms with Crippen molar-refractivity contribution in [3.05, 3.63) is 33.8 Å². The lowest BCUT2D eigenvalue weighted by molar-refractivity contribution is 0.0718. The average molecular weight is 314 g/mol. The van der Waals surface area contributed by atoms with E-state index in [0.717, 1.165) is 22.9 Å². The maximum atomic E-state index is 12.4. The van der Waals surface area contributed by atoms with Gasteiger partial charge in [-0.05, 0) is 37.1 Å². The van der Waals surface area contributed by atoms with Gasteiger partial charge in [-0.2, -0.15) is 0 Å². The minimum atomic E-state index is 0.00231. The normalized spacial score (nSPS) is 10.4. The number of carbonyl (C=O) groups excluding carboxylic acids is 1. The Bertz CT molecular complexity index is 407. The van der Waals surface area contributed by atoms with Crippen molar-refractivity contribution in [2.24, 2.45) is 0 Å². The van der Waals surface area contributed by atoms with Gasteiger partial charge in [-0.15, -0.1) is 0 Å². The van der Waals surface area contributed by atoms with Crippen LogP contribution >= 0.6 is 15.9 Å². The van der Waals surface area contributed by atoms with Crippen molar-refractivity contribution < 1.29 is 9.90 Å². The smallest absolute Gasteiger partial charge is 0.254 e. The third kappa shape index (κ3) is 4.10. The van der Waals surface area contributed by atoms with Crippen LogP contribution in [-0.4, -0.2) is 35.6 Å². The summed E-state index contributed by atoms with van der Waals surface area (Å²) in [6, 6.07) is 5.64. The highest BCUT2D eigenvalue weighted by Gasteiger charge is 2.16. The quantitative estimate of drug-likeness (QED) is 0.877. The summed E-state index contributed by atoms with van der Waals surface area (Å²) in [5.74, 6) is 0.00231. The molecule has 0 aromatic heterocycles. The average Bonchev–Trinajstić information content (AvgIpc) is 2.33. The Labute approximate surface area is 117 Å². The van der Waals surface area contributed by atoms with E-state index in [9.17, 15) is 4.79 Å². The predicted molar refractivity (Wildman–Crippen MR) is 76.8 cm³/mol. The topological polar surface area (TPSA) is 40.5 Å². The van der Waals surface area contributed by atoms with Gasteiger partial charge in [-0.3, -0.25) is 4.79 Å². The number of rotatable bonds is 6. The molecule has 0 bridgehead atoms. The van der Waals surface area contributed by atoms with Crippen molar-refractivity contribution in [1.29, 1.82) is 0 Å². The molecule has 0 aliphatic carbocycles. The van der Waals surface area contributed by atoms with Crippen LogP contribution in [0.4, 0.5) is 0 Å². The van der Waals surface area contributed by atoms with Crippen molar-refractivity contribution in [3.63, 3.8) is 0 Å². The van der Waals surface area contributed by atoms with Gasteiger partial charge in [0.2, 0.25) is 0 Å². The fraction of sp³-hybridized carbons (Fsp3) is 0.500. The van der Waals surface area contributed by atoms with Crippen molar-refractivity contribution in [2.75, 3.05) is 19.7 Å². The maximum Gasteiger partial charge on any atom is 0.254 e. The molecule has 1 aromatic rings. The van der Waals surface area contributed by atoms with Crippen LogP contribution in [0.15, 0.2) is 22.7 Å². The molecule has 0 aliphatic rings. The van der Waals surface area contributed by atoms with Gasteiger partial charge < -0.3 is 10.0 Å². The van der Waals surface area contributed by atoms with Crippen molar-refractivity contribution >= 4 is 21.8 Å². The molecular weight excluding hydrogens is 294 g/mol. The van der Waals surface area contributed by atoms with Crippen LogP contribution in [-0.2, 0) is 0 Å². The summed E-state index contributed by atoms with van der Waals surface area (Å²) in [6.07, 6.45) is 2.00. The standard InChI is InChI=1S/C14H20BrNO2/c1-3-4-7-16(8-9-17)14(18)13-6-5-12(15)10-11(13)2/h5-6,10,17H,3-4,7-9H2,1-2H3. The first-order valence-electron chi connectivity index (χ1n) is 6.26. The number of hydrogen-bond acceptors (Lipinski definition) is 2. The molecular formula is C14H20BrNO2. The van der Waals surface area contributed by atoms with E-state index < -0.39 is 0 Å². The number of carbonyl (C=O) groups is 1. The number of hydrogen-bond donors (Lipinski definition) is 1. The van der Waals surface area contributed by atoms with Crippen LogP contribution in [0.2, 0.25) is 0 Å². The molecule has 0 spiro atoms. The van der Waals surface area contributed by atoms with E-state index in [2.05, 4.69) is 22.9 Å². The third-order valence-electron chi connectivity index (χ3n) is 2.86. The summed E-state index contributed by atoms with van der Waals surface area (Å²) in [5.41, 5.74) is 1.66. The zero-order chi connectivity index (χ0) is 13.5. The minimum Gasteiger partial charge on any atom is -0.395 e. The van der Waals surface area contributed by atoms with E-state index in [1.165, 1.54) is 0 Å². The van der Waals surface area contributed by atoms with Crippen molar-refractivity contribution in [1.82, 2.24) is 4.90 Å². The molecule has 100 valence electrons. The van der Waals surface area contributed by atoms with Crippen LogP contribution in [0.1, 0.15) is 35.7 Å². The second kappa shape index (κ2) is 7.54. The van der Waals surface area contributed by atoms with Gasteiger partial charge >= 0.3 is 0 Å². The molecule has 1 amide bonds. The molecule has 0 saturated heterocycles. The van der Waals surface area contributed by atoms with Crippen molar-refractivity contribution in [3.8, 4) is 0 Å². The molecule has 1 N–H and O–H groups in total. The van der Waals surface area contributed by atoms with Crippen LogP contribution in [0, 0.1) is 6.92 Å². The lowest BCUT2D eigenvalue weighted by atomic mass is 10.1. The van der Waals surface area contributed by atoms with E-state index in [-0.39, 0.29) is 12.5 Å². The highest BCUT2D eigenvalue weighted by Crippen LogP contribution is 2.17. The first kappa shape index (κ1) is 15.2. The second-order valence-electron chi connectivity index (χ2n) is 4.33. The largest absolute Gasteiger partial charge is 0.395 e. The lowest BCUT2D eigenvalue weighted by Gasteiger charge is -2.22. The number of benzene rings is 1. The molecule has 0 saturated carbocycles. The minimum absolute atomic E-state index is 0.00231. The Hall–Kier alpha value is -0.870. The van der Waals surface area contributed by atoms with Gasteiger partial charge in [-0.25, -0.2) is 0 Å². The SMILES string of the molecule is CCCCN(CCO)C(=O)c1ccc(Br)cc1C. The van der Waals surface area contributed by atoms with E-state index in [1.54, 1.807) is 4.90 Å². The first-order chi connectivity index (χ1) is 8.60. The Morgan fingerprint density at radius 2 is 2.11 bits per heavy atom. The Morgan fingerprint density at radius 3 is 2.67 bits per heavy atom. The summed E-state index contributed by atoms with van der Waals surface area (Å²) in [7, 11) is 0. The fourth-order valence-corrected chi connectivity index (χ4v) is 2.30. The van der Waals surface area contributed by atoms with E-state index in [1.807, 2.05) is 25.1 Å². The molecule has 0 radical (unpaired) electrons. The zero-order valence-corrected chi connectivity index (χ0v) is 12.5. The van der Waals surface area contributed by atoms with Crippen LogP contribution in [0.3, 0.4) is 0 Å². The number of nitrogens with zero attached hydrogens (tertiary/aromatic N) is 1. The molecule has 18 heavy (non-hydrogen) atoms. The molecule has 0 atom stereocenters. The number of aliphatic hydroxyl groups excluding tert-OH is 1. The number of aliphatic hydroxyl groups is 1. The van der Waals surface area contributed by atoms with Gasteiger partial charge in [0.15, 0.2) is 0 Å². The molecule has 0 fully saturated rings. The highest BCUT2D eigenvalue weighted by molar-refractivity contribution is 9.10. The number of unbranched alkanes of at least 4 members (excludes halogenated alkanes) is 1. The summed E-state index contributed by atoms with van der Waals surface area (Å²) in [6.45, 7) is 5.12. The number of halogens is 1. The van der Waals surface area contributed by atoms with Gasteiger partial charge in [-0.1, -0.05) is 29.3 Å². The van der Waals surface area contributed by atoms with Gasteiger partial charge in [0.05, 0.1) is 6.61 Å². The zero-order valence-electron chi connectivity index (χ0n) is 10.9. The molecule has 0 heterocycles. The molecule has 4 heteroatoms. The summed E-state index contributed by atoms with van der Waals surface area (Å²) < 4.78 is 0.971.